The highest BCUT2D eigenvalue weighted by molar-refractivity contribution is 7.09. The molecule has 4 nitrogen and oxygen atoms in total. The second-order valence-corrected chi connectivity index (χ2v) is 7.41. The molecule has 2 heterocycles. The van der Waals surface area contributed by atoms with E-state index in [4.69, 9.17) is 0 Å². The van der Waals surface area contributed by atoms with Crippen molar-refractivity contribution in [3.8, 4) is 0 Å². The second-order valence-electron chi connectivity index (χ2n) is 6.35. The minimum Gasteiger partial charge on any atom is -0.314 e. The summed E-state index contributed by atoms with van der Waals surface area (Å²) in [5.74, 6) is 0. The van der Waals surface area contributed by atoms with E-state index in [1.165, 1.54) is 43.2 Å². The Morgan fingerprint density at radius 3 is 2.90 bits per heavy atom. The third kappa shape index (κ3) is 5.33. The lowest BCUT2D eigenvalue weighted by Gasteiger charge is -2.39. The number of aryl methyl sites for hydroxylation is 1. The van der Waals surface area contributed by atoms with Crippen LogP contribution in [0.15, 0.2) is 5.38 Å². The molecule has 0 aliphatic carbocycles. The third-order valence-corrected chi connectivity index (χ3v) is 5.16. The largest absolute Gasteiger partial charge is 0.314 e. The van der Waals surface area contributed by atoms with Crippen LogP contribution in [0.3, 0.4) is 0 Å². The second kappa shape index (κ2) is 8.22. The van der Waals surface area contributed by atoms with Crippen molar-refractivity contribution in [1.29, 1.82) is 0 Å². The molecular weight excluding hydrogens is 280 g/mol. The van der Waals surface area contributed by atoms with E-state index in [9.17, 15) is 0 Å². The van der Waals surface area contributed by atoms with Crippen molar-refractivity contribution in [1.82, 2.24) is 20.1 Å². The monoisotopic (exact) mass is 310 g/mol. The highest BCUT2D eigenvalue weighted by atomic mass is 32.1. The highest BCUT2D eigenvalue weighted by Gasteiger charge is 2.25. The van der Waals surface area contributed by atoms with Gasteiger partial charge in [0.25, 0.3) is 0 Å². The first kappa shape index (κ1) is 16.9. The van der Waals surface area contributed by atoms with Crippen LogP contribution in [0, 0.1) is 6.92 Å². The lowest BCUT2D eigenvalue weighted by molar-refractivity contribution is 0.101. The number of piperazine rings is 1. The van der Waals surface area contributed by atoms with E-state index in [0.717, 1.165) is 13.0 Å². The van der Waals surface area contributed by atoms with Gasteiger partial charge < -0.3 is 15.1 Å². The van der Waals surface area contributed by atoms with E-state index in [1.807, 2.05) is 0 Å². The number of hydrogen-bond donors (Lipinski definition) is 1. The maximum atomic E-state index is 4.64. The lowest BCUT2D eigenvalue weighted by Crippen LogP contribution is -2.52. The van der Waals surface area contributed by atoms with E-state index < -0.39 is 0 Å². The molecule has 2 rings (SSSR count). The van der Waals surface area contributed by atoms with Gasteiger partial charge in [-0.2, -0.15) is 0 Å². The summed E-state index contributed by atoms with van der Waals surface area (Å²) in [5.41, 5.74) is 1.25. The zero-order chi connectivity index (χ0) is 15.2. The number of thiazole rings is 1. The minimum absolute atomic E-state index is 0.533. The van der Waals surface area contributed by atoms with Crippen molar-refractivity contribution < 1.29 is 0 Å². The first-order valence-electron chi connectivity index (χ1n) is 8.11. The number of nitrogens with one attached hydrogen (secondary N) is 1. The summed E-state index contributed by atoms with van der Waals surface area (Å²) in [7, 11) is 4.50. The van der Waals surface area contributed by atoms with Crippen LogP contribution in [0.25, 0.3) is 0 Å². The Bertz CT molecular complexity index is 420. The molecule has 0 aromatic carbocycles. The fourth-order valence-corrected chi connectivity index (χ4v) is 3.65. The minimum atomic E-state index is 0.533. The molecule has 0 amide bonds. The van der Waals surface area contributed by atoms with Crippen LogP contribution in [0.2, 0.25) is 0 Å². The molecule has 0 saturated carbocycles. The van der Waals surface area contributed by atoms with Crippen LogP contribution in [-0.4, -0.2) is 67.1 Å². The van der Waals surface area contributed by atoms with Crippen molar-refractivity contribution in [2.24, 2.45) is 0 Å². The van der Waals surface area contributed by atoms with E-state index in [1.54, 1.807) is 11.3 Å². The van der Waals surface area contributed by atoms with Crippen LogP contribution in [0.4, 0.5) is 0 Å². The SMILES string of the molecule is CCCNC(Cc1csc(C)n1)CC1CN(C)CCN1C. The van der Waals surface area contributed by atoms with Crippen LogP contribution < -0.4 is 5.32 Å². The Kier molecular flexibility index (Phi) is 6.61. The van der Waals surface area contributed by atoms with Crippen molar-refractivity contribution in [2.75, 3.05) is 40.3 Å². The molecule has 2 unspecified atom stereocenters. The Labute approximate surface area is 133 Å². The molecule has 0 bridgehead atoms. The fraction of sp³-hybridized carbons (Fsp3) is 0.812. The first-order chi connectivity index (χ1) is 10.1. The van der Waals surface area contributed by atoms with E-state index in [-0.39, 0.29) is 0 Å². The molecule has 21 heavy (non-hydrogen) atoms. The highest BCUT2D eigenvalue weighted by Crippen LogP contribution is 2.16. The number of likely N-dealkylation sites (N-methyl/N-ethyl adjacent to an activating group) is 2. The number of rotatable bonds is 7. The molecule has 1 aliphatic rings. The quantitative estimate of drug-likeness (QED) is 0.835. The van der Waals surface area contributed by atoms with E-state index >= 15 is 0 Å². The third-order valence-electron chi connectivity index (χ3n) is 4.34. The molecule has 0 radical (unpaired) electrons. The molecule has 1 fully saturated rings. The first-order valence-corrected chi connectivity index (χ1v) is 8.99. The smallest absolute Gasteiger partial charge is 0.0897 e. The molecule has 1 N–H and O–H groups in total. The van der Waals surface area contributed by atoms with Gasteiger partial charge in [-0.05, 0) is 40.4 Å². The normalized spacial score (nSPS) is 22.6. The van der Waals surface area contributed by atoms with Gasteiger partial charge in [-0.1, -0.05) is 6.92 Å². The van der Waals surface area contributed by atoms with Gasteiger partial charge in [0.1, 0.15) is 0 Å². The number of hydrogen-bond acceptors (Lipinski definition) is 5. The van der Waals surface area contributed by atoms with Gasteiger partial charge in [0.2, 0.25) is 0 Å². The summed E-state index contributed by atoms with van der Waals surface area (Å²) in [6, 6.07) is 1.18. The molecule has 1 aromatic rings. The Morgan fingerprint density at radius 1 is 1.43 bits per heavy atom. The molecular formula is C16H30N4S. The summed E-state index contributed by atoms with van der Waals surface area (Å²) < 4.78 is 0. The summed E-state index contributed by atoms with van der Waals surface area (Å²) in [6.07, 6.45) is 3.45. The van der Waals surface area contributed by atoms with Gasteiger partial charge in [-0.15, -0.1) is 11.3 Å². The van der Waals surface area contributed by atoms with Crippen molar-refractivity contribution in [2.45, 2.75) is 45.2 Å². The van der Waals surface area contributed by atoms with Crippen molar-refractivity contribution >= 4 is 11.3 Å². The van der Waals surface area contributed by atoms with Crippen molar-refractivity contribution in [3.05, 3.63) is 16.1 Å². The van der Waals surface area contributed by atoms with E-state index in [0.29, 0.717) is 12.1 Å². The average Bonchev–Trinajstić information content (AvgIpc) is 2.85. The van der Waals surface area contributed by atoms with Crippen LogP contribution in [-0.2, 0) is 6.42 Å². The summed E-state index contributed by atoms with van der Waals surface area (Å²) in [5, 5.41) is 7.12. The Balaban J connectivity index is 1.94. The number of nitrogens with zero attached hydrogens (tertiary/aromatic N) is 3. The zero-order valence-corrected chi connectivity index (χ0v) is 14.7. The number of aromatic nitrogens is 1. The van der Waals surface area contributed by atoms with Gasteiger partial charge in [0, 0.05) is 43.5 Å². The standard InChI is InChI=1S/C16H30N4S/c1-5-6-17-14(9-15-12-21-13(2)18-15)10-16-11-19(3)7-8-20(16)4/h12,14,16-17H,5-11H2,1-4H3. The predicted octanol–water partition coefficient (Wildman–Crippen LogP) is 2.00. The molecule has 5 heteroatoms. The molecule has 120 valence electrons. The lowest BCUT2D eigenvalue weighted by atomic mass is 9.99. The maximum Gasteiger partial charge on any atom is 0.0897 e. The molecule has 2 atom stereocenters. The molecule has 0 spiro atoms. The summed E-state index contributed by atoms with van der Waals surface area (Å²) >= 11 is 1.76. The van der Waals surface area contributed by atoms with Gasteiger partial charge in [-0.3, -0.25) is 0 Å². The van der Waals surface area contributed by atoms with Crippen LogP contribution in [0.1, 0.15) is 30.5 Å². The topological polar surface area (TPSA) is 31.4 Å². The summed E-state index contributed by atoms with van der Waals surface area (Å²) in [4.78, 5) is 9.61. The van der Waals surface area contributed by atoms with Crippen molar-refractivity contribution in [3.63, 3.8) is 0 Å². The zero-order valence-electron chi connectivity index (χ0n) is 13.9. The summed E-state index contributed by atoms with van der Waals surface area (Å²) in [6.45, 7) is 8.96. The maximum absolute atomic E-state index is 4.64. The van der Waals surface area contributed by atoms with Gasteiger partial charge in [0.15, 0.2) is 0 Å². The average molecular weight is 311 g/mol. The van der Waals surface area contributed by atoms with Gasteiger partial charge in [0.05, 0.1) is 10.7 Å². The predicted molar refractivity (Wildman–Crippen MR) is 91.2 cm³/mol. The van der Waals surface area contributed by atoms with E-state index in [2.05, 4.69) is 53.4 Å². The van der Waals surface area contributed by atoms with Gasteiger partial charge >= 0.3 is 0 Å². The molecule has 1 saturated heterocycles. The Hall–Kier alpha value is -0.490. The van der Waals surface area contributed by atoms with Gasteiger partial charge in [-0.25, -0.2) is 4.98 Å². The van der Waals surface area contributed by atoms with Crippen LogP contribution >= 0.6 is 11.3 Å². The molecule has 1 aromatic heterocycles. The van der Waals surface area contributed by atoms with Crippen LogP contribution in [0.5, 0.6) is 0 Å². The Morgan fingerprint density at radius 2 is 2.24 bits per heavy atom. The fourth-order valence-electron chi connectivity index (χ4n) is 3.03. The molecule has 1 aliphatic heterocycles.